The first-order chi connectivity index (χ1) is 13.9. The molecular formula is C20H11N5O3S. The van der Waals surface area contributed by atoms with Crippen LogP contribution in [0, 0.1) is 22.7 Å². The first kappa shape index (κ1) is 18.2. The monoisotopic (exact) mass is 401 g/mol. The molecule has 0 radical (unpaired) electrons. The van der Waals surface area contributed by atoms with Crippen molar-refractivity contribution in [3.63, 3.8) is 0 Å². The number of hydrogen-bond acceptors (Lipinski definition) is 6. The van der Waals surface area contributed by atoms with E-state index in [0.717, 1.165) is 5.41 Å². The highest BCUT2D eigenvalue weighted by Crippen LogP contribution is 2.29. The number of H-pyrrole nitrogens is 1. The van der Waals surface area contributed by atoms with E-state index < -0.39 is 15.7 Å². The maximum absolute atomic E-state index is 12.5. The molecule has 140 valence electrons. The molecule has 0 saturated heterocycles. The average Bonchev–Trinajstić information content (AvgIpc) is 3.25. The summed E-state index contributed by atoms with van der Waals surface area (Å²) in [5, 5.41) is 22.7. The molecule has 0 aliphatic carbocycles. The molecule has 1 amide bonds. The maximum atomic E-state index is 12.5. The average molecular weight is 401 g/mol. The Balaban J connectivity index is 1.65. The zero-order valence-corrected chi connectivity index (χ0v) is 15.5. The number of nitrogens with one attached hydrogen (secondary N) is 2. The summed E-state index contributed by atoms with van der Waals surface area (Å²) in [6.07, 6.45) is 5.86. The van der Waals surface area contributed by atoms with E-state index in [4.69, 9.17) is 5.26 Å². The molecule has 1 aromatic carbocycles. The number of nitriles is 2. The Morgan fingerprint density at radius 1 is 1.24 bits per heavy atom. The van der Waals surface area contributed by atoms with Gasteiger partial charge in [0, 0.05) is 34.4 Å². The second kappa shape index (κ2) is 6.75. The third-order valence-corrected chi connectivity index (χ3v) is 5.82. The van der Waals surface area contributed by atoms with Gasteiger partial charge in [-0.1, -0.05) is 6.07 Å². The van der Waals surface area contributed by atoms with E-state index in [0.29, 0.717) is 27.7 Å². The van der Waals surface area contributed by atoms with Gasteiger partial charge >= 0.3 is 0 Å². The molecule has 0 atom stereocenters. The minimum absolute atomic E-state index is 0.101. The van der Waals surface area contributed by atoms with Crippen LogP contribution in [0.1, 0.15) is 16.7 Å². The van der Waals surface area contributed by atoms with Crippen LogP contribution >= 0.6 is 0 Å². The third kappa shape index (κ3) is 3.27. The number of rotatable bonds is 3. The maximum Gasteiger partial charge on any atom is 0.266 e. The number of aromatic amines is 1. The molecule has 1 aliphatic heterocycles. The van der Waals surface area contributed by atoms with E-state index in [-0.39, 0.29) is 16.2 Å². The zero-order valence-electron chi connectivity index (χ0n) is 14.7. The summed E-state index contributed by atoms with van der Waals surface area (Å²) in [6, 6.07) is 9.93. The molecule has 3 heterocycles. The lowest BCUT2D eigenvalue weighted by atomic mass is 10.1. The highest BCUT2D eigenvalue weighted by atomic mass is 32.2. The van der Waals surface area contributed by atoms with Gasteiger partial charge in [0.15, 0.2) is 0 Å². The lowest BCUT2D eigenvalue weighted by Crippen LogP contribution is -2.13. The molecular weight excluding hydrogens is 390 g/mol. The van der Waals surface area contributed by atoms with Crippen molar-refractivity contribution in [3.05, 3.63) is 64.3 Å². The second-order valence-corrected chi connectivity index (χ2v) is 8.00. The van der Waals surface area contributed by atoms with Gasteiger partial charge in [-0.05, 0) is 35.9 Å². The van der Waals surface area contributed by atoms with Gasteiger partial charge in [0.25, 0.3) is 5.91 Å². The Hall–Kier alpha value is -4.21. The standard InChI is InChI=1S/C20H11N5O3S/c21-8-12-5-17-15(11-24-19(17)23-10-12)6-14(9-22)20(26)25-16-2-1-13-3-4-29(27,28)18(13)7-16/h1-7,10-11H,(H,23,24)(H,25,26)/b14-6+. The fourth-order valence-corrected chi connectivity index (χ4v) is 4.17. The van der Waals surface area contributed by atoms with Crippen LogP contribution in [-0.4, -0.2) is 24.3 Å². The minimum Gasteiger partial charge on any atom is -0.346 e. The SMILES string of the molecule is N#C/C(=C\c1c[nH]c2ncc(C#N)cc12)C(=O)Nc1ccc2c(c1)S(=O)(=O)C=C2. The number of carbonyl (C=O) groups excluding carboxylic acids is 1. The number of nitrogens with zero attached hydrogens (tertiary/aromatic N) is 3. The molecule has 2 aromatic heterocycles. The van der Waals surface area contributed by atoms with Crippen molar-refractivity contribution in [1.82, 2.24) is 9.97 Å². The third-order valence-electron chi connectivity index (χ3n) is 4.36. The van der Waals surface area contributed by atoms with Crippen LogP contribution in [0.3, 0.4) is 0 Å². The van der Waals surface area contributed by atoms with Gasteiger partial charge in [-0.3, -0.25) is 4.79 Å². The van der Waals surface area contributed by atoms with Crippen LogP contribution in [0.2, 0.25) is 0 Å². The summed E-state index contributed by atoms with van der Waals surface area (Å²) in [4.78, 5) is 19.7. The van der Waals surface area contributed by atoms with Gasteiger partial charge in [0.05, 0.1) is 10.5 Å². The van der Waals surface area contributed by atoms with Crippen molar-refractivity contribution in [1.29, 1.82) is 10.5 Å². The predicted molar refractivity (Wildman–Crippen MR) is 106 cm³/mol. The number of sulfone groups is 1. The zero-order chi connectivity index (χ0) is 20.6. The van der Waals surface area contributed by atoms with Crippen LogP contribution in [0.4, 0.5) is 5.69 Å². The van der Waals surface area contributed by atoms with Gasteiger partial charge in [0.1, 0.15) is 23.4 Å². The van der Waals surface area contributed by atoms with Gasteiger partial charge in [-0.2, -0.15) is 10.5 Å². The Morgan fingerprint density at radius 3 is 2.83 bits per heavy atom. The Labute approximate surface area is 165 Å². The van der Waals surface area contributed by atoms with Gasteiger partial charge in [0.2, 0.25) is 9.84 Å². The Morgan fingerprint density at radius 2 is 2.07 bits per heavy atom. The van der Waals surface area contributed by atoms with Crippen LogP contribution in [0.5, 0.6) is 0 Å². The molecule has 0 saturated carbocycles. The molecule has 2 N–H and O–H groups in total. The molecule has 0 spiro atoms. The highest BCUT2D eigenvalue weighted by Gasteiger charge is 2.21. The van der Waals surface area contributed by atoms with E-state index in [1.807, 2.05) is 12.1 Å². The summed E-state index contributed by atoms with van der Waals surface area (Å²) in [5.74, 6) is -0.686. The van der Waals surface area contributed by atoms with E-state index in [9.17, 15) is 18.5 Å². The van der Waals surface area contributed by atoms with Gasteiger partial charge in [-0.15, -0.1) is 0 Å². The number of benzene rings is 1. The number of carbonyl (C=O) groups is 1. The van der Waals surface area contributed by atoms with Gasteiger partial charge < -0.3 is 10.3 Å². The van der Waals surface area contributed by atoms with Crippen LogP contribution in [0.25, 0.3) is 23.2 Å². The van der Waals surface area contributed by atoms with Crippen molar-refractivity contribution >= 4 is 44.6 Å². The second-order valence-electron chi connectivity index (χ2n) is 6.20. The number of fused-ring (bicyclic) bond motifs is 2. The molecule has 9 heteroatoms. The van der Waals surface area contributed by atoms with Crippen LogP contribution in [0.15, 0.2) is 52.5 Å². The lowest BCUT2D eigenvalue weighted by Gasteiger charge is -2.06. The Kier molecular flexibility index (Phi) is 4.23. The number of amides is 1. The van der Waals surface area contributed by atoms with Crippen molar-refractivity contribution in [2.24, 2.45) is 0 Å². The molecule has 0 unspecified atom stereocenters. The molecule has 1 aliphatic rings. The van der Waals surface area contributed by atoms with Crippen LogP contribution in [-0.2, 0) is 14.6 Å². The van der Waals surface area contributed by atoms with Crippen molar-refractivity contribution < 1.29 is 13.2 Å². The van der Waals surface area contributed by atoms with Crippen LogP contribution < -0.4 is 5.32 Å². The summed E-state index contributed by atoms with van der Waals surface area (Å²) >= 11 is 0. The topological polar surface area (TPSA) is 139 Å². The summed E-state index contributed by atoms with van der Waals surface area (Å²) in [6.45, 7) is 0. The summed E-state index contributed by atoms with van der Waals surface area (Å²) in [7, 11) is -3.51. The lowest BCUT2D eigenvalue weighted by molar-refractivity contribution is -0.112. The van der Waals surface area contributed by atoms with E-state index >= 15 is 0 Å². The summed E-state index contributed by atoms with van der Waals surface area (Å²) < 4.78 is 23.9. The largest absolute Gasteiger partial charge is 0.346 e. The van der Waals surface area contributed by atoms with Gasteiger partial charge in [-0.25, -0.2) is 13.4 Å². The van der Waals surface area contributed by atoms with Crippen molar-refractivity contribution in [3.8, 4) is 12.1 Å². The fourth-order valence-electron chi connectivity index (χ4n) is 2.94. The molecule has 4 rings (SSSR count). The fraction of sp³-hybridized carbons (Fsp3) is 0. The number of anilines is 1. The number of hydrogen-bond donors (Lipinski definition) is 2. The van der Waals surface area contributed by atoms with E-state index in [1.165, 1.54) is 24.4 Å². The first-order valence-corrected chi connectivity index (χ1v) is 9.83. The van der Waals surface area contributed by atoms with Crippen molar-refractivity contribution in [2.75, 3.05) is 5.32 Å². The van der Waals surface area contributed by atoms with E-state index in [1.54, 1.807) is 24.4 Å². The number of pyridine rings is 1. The first-order valence-electron chi connectivity index (χ1n) is 8.29. The number of aromatic nitrogens is 2. The van der Waals surface area contributed by atoms with Crippen molar-refractivity contribution in [2.45, 2.75) is 4.90 Å². The molecule has 3 aromatic rings. The minimum atomic E-state index is -3.51. The predicted octanol–water partition coefficient (Wildman–Crippen LogP) is 2.74. The Bertz CT molecular complexity index is 1430. The molecule has 29 heavy (non-hydrogen) atoms. The normalized spacial score (nSPS) is 14.2. The molecule has 0 bridgehead atoms. The summed E-state index contributed by atoms with van der Waals surface area (Å²) in [5.41, 5.74) is 2.01. The highest BCUT2D eigenvalue weighted by molar-refractivity contribution is 7.94. The molecule has 8 nitrogen and oxygen atoms in total. The molecule has 0 fully saturated rings. The smallest absolute Gasteiger partial charge is 0.266 e. The van der Waals surface area contributed by atoms with E-state index in [2.05, 4.69) is 15.3 Å². The quantitative estimate of drug-likeness (QED) is 0.511.